The fourth-order valence-electron chi connectivity index (χ4n) is 2.38. The molecule has 0 saturated heterocycles. The summed E-state index contributed by atoms with van der Waals surface area (Å²) in [5.41, 5.74) is 1.66. The highest BCUT2D eigenvalue weighted by Gasteiger charge is 2.22. The van der Waals surface area contributed by atoms with Crippen molar-refractivity contribution in [3.05, 3.63) is 59.7 Å². The van der Waals surface area contributed by atoms with Gasteiger partial charge in [-0.25, -0.2) is 0 Å². The van der Waals surface area contributed by atoms with Gasteiger partial charge in [-0.2, -0.15) is 0 Å². The number of carbonyl (C=O) groups is 1. The van der Waals surface area contributed by atoms with Crippen LogP contribution in [0.25, 0.3) is 0 Å². The van der Waals surface area contributed by atoms with Gasteiger partial charge in [0.15, 0.2) is 0 Å². The van der Waals surface area contributed by atoms with Crippen molar-refractivity contribution >= 4 is 18.5 Å². The van der Waals surface area contributed by atoms with Crippen molar-refractivity contribution in [1.29, 1.82) is 0 Å². The molecular formula is C16H15NO2S. The number of para-hydroxylation sites is 1. The normalized spacial score (nSPS) is 16.9. The second-order valence-corrected chi connectivity index (χ2v) is 5.27. The Morgan fingerprint density at radius 2 is 2.05 bits per heavy atom. The van der Waals surface area contributed by atoms with Crippen LogP contribution < -0.4 is 10.1 Å². The summed E-state index contributed by atoms with van der Waals surface area (Å²) in [5, 5.41) is 3.07. The Morgan fingerprint density at radius 1 is 1.20 bits per heavy atom. The molecule has 1 aliphatic heterocycles. The zero-order chi connectivity index (χ0) is 13.9. The molecule has 0 aliphatic carbocycles. The standard InChI is InChI=1S/C16H15NO2S/c18-16(11-4-3-5-12(20)10-11)17-14-8-9-19-15-7-2-1-6-13(14)15/h1-7,10,14,20H,8-9H2,(H,17,18). The molecule has 0 fully saturated rings. The Hall–Kier alpha value is -1.94. The number of thiol groups is 1. The number of nitrogens with one attached hydrogen (secondary N) is 1. The lowest BCUT2D eigenvalue weighted by Gasteiger charge is -2.26. The number of benzene rings is 2. The Bertz CT molecular complexity index is 642. The van der Waals surface area contributed by atoms with Crippen molar-refractivity contribution in [2.75, 3.05) is 6.61 Å². The third kappa shape index (κ3) is 2.65. The lowest BCUT2D eigenvalue weighted by molar-refractivity contribution is 0.0924. The van der Waals surface area contributed by atoms with E-state index in [0.29, 0.717) is 12.2 Å². The molecule has 20 heavy (non-hydrogen) atoms. The van der Waals surface area contributed by atoms with E-state index >= 15 is 0 Å². The molecule has 0 bridgehead atoms. The van der Waals surface area contributed by atoms with Crippen LogP contribution in [0.2, 0.25) is 0 Å². The van der Waals surface area contributed by atoms with E-state index in [1.165, 1.54) is 0 Å². The van der Waals surface area contributed by atoms with Gasteiger partial charge in [-0.1, -0.05) is 24.3 Å². The van der Waals surface area contributed by atoms with Crippen molar-refractivity contribution in [3.8, 4) is 5.75 Å². The first-order valence-corrected chi connectivity index (χ1v) is 7.00. The molecule has 0 spiro atoms. The SMILES string of the molecule is O=C(NC1CCOc2ccccc21)c1cccc(S)c1. The van der Waals surface area contributed by atoms with Gasteiger partial charge >= 0.3 is 0 Å². The van der Waals surface area contributed by atoms with Crippen molar-refractivity contribution in [2.45, 2.75) is 17.4 Å². The highest BCUT2D eigenvalue weighted by Crippen LogP contribution is 2.31. The van der Waals surface area contributed by atoms with Crippen LogP contribution in [-0.2, 0) is 0 Å². The number of fused-ring (bicyclic) bond motifs is 1. The lowest BCUT2D eigenvalue weighted by atomic mass is 10.00. The molecule has 1 N–H and O–H groups in total. The molecule has 0 aromatic heterocycles. The number of carbonyl (C=O) groups excluding carboxylic acids is 1. The van der Waals surface area contributed by atoms with E-state index in [1.54, 1.807) is 12.1 Å². The number of amides is 1. The van der Waals surface area contributed by atoms with Gasteiger partial charge in [-0.3, -0.25) is 4.79 Å². The molecule has 3 rings (SSSR count). The van der Waals surface area contributed by atoms with Crippen LogP contribution >= 0.6 is 12.6 Å². The summed E-state index contributed by atoms with van der Waals surface area (Å²) in [6.45, 7) is 0.620. The van der Waals surface area contributed by atoms with E-state index in [4.69, 9.17) is 4.74 Å². The minimum Gasteiger partial charge on any atom is -0.493 e. The zero-order valence-electron chi connectivity index (χ0n) is 10.9. The maximum atomic E-state index is 12.3. The number of rotatable bonds is 2. The minimum absolute atomic E-state index is 0.00368. The van der Waals surface area contributed by atoms with Crippen LogP contribution in [0.4, 0.5) is 0 Å². The Morgan fingerprint density at radius 3 is 2.90 bits per heavy atom. The number of hydrogen-bond donors (Lipinski definition) is 2. The van der Waals surface area contributed by atoms with Crippen molar-refractivity contribution in [2.24, 2.45) is 0 Å². The molecule has 1 heterocycles. The summed E-state index contributed by atoms with van der Waals surface area (Å²) < 4.78 is 5.60. The summed E-state index contributed by atoms with van der Waals surface area (Å²) in [6.07, 6.45) is 0.781. The van der Waals surface area contributed by atoms with Crippen LogP contribution in [0.3, 0.4) is 0 Å². The molecule has 0 saturated carbocycles. The zero-order valence-corrected chi connectivity index (χ0v) is 11.8. The Kier molecular flexibility index (Phi) is 3.65. The van der Waals surface area contributed by atoms with Crippen LogP contribution in [-0.4, -0.2) is 12.5 Å². The summed E-state index contributed by atoms with van der Waals surface area (Å²) in [7, 11) is 0. The van der Waals surface area contributed by atoms with E-state index < -0.39 is 0 Å². The number of ether oxygens (including phenoxy) is 1. The first-order valence-electron chi connectivity index (χ1n) is 6.55. The van der Waals surface area contributed by atoms with Crippen LogP contribution in [0.5, 0.6) is 5.75 Å². The summed E-state index contributed by atoms with van der Waals surface area (Å²) in [4.78, 5) is 13.1. The molecule has 2 aromatic carbocycles. The highest BCUT2D eigenvalue weighted by atomic mass is 32.1. The van der Waals surface area contributed by atoms with Gasteiger partial charge < -0.3 is 10.1 Å². The predicted molar refractivity (Wildman–Crippen MR) is 80.5 cm³/mol. The maximum Gasteiger partial charge on any atom is 0.251 e. The number of hydrogen-bond acceptors (Lipinski definition) is 3. The summed E-state index contributed by atoms with van der Waals surface area (Å²) in [5.74, 6) is 0.773. The van der Waals surface area contributed by atoms with Gasteiger partial charge in [0.2, 0.25) is 0 Å². The Balaban J connectivity index is 1.81. The molecule has 1 aliphatic rings. The van der Waals surface area contributed by atoms with E-state index in [2.05, 4.69) is 17.9 Å². The van der Waals surface area contributed by atoms with Crippen molar-refractivity contribution in [3.63, 3.8) is 0 Å². The lowest BCUT2D eigenvalue weighted by Crippen LogP contribution is -2.32. The van der Waals surface area contributed by atoms with E-state index in [1.807, 2.05) is 36.4 Å². The summed E-state index contributed by atoms with van der Waals surface area (Å²) in [6, 6.07) is 15.1. The second kappa shape index (κ2) is 5.59. The third-order valence-corrected chi connectivity index (χ3v) is 3.65. The van der Waals surface area contributed by atoms with Gasteiger partial charge in [-0.05, 0) is 24.3 Å². The molecule has 2 aromatic rings. The molecule has 1 atom stereocenters. The van der Waals surface area contributed by atoms with Crippen molar-refractivity contribution in [1.82, 2.24) is 5.32 Å². The van der Waals surface area contributed by atoms with Gasteiger partial charge in [0.1, 0.15) is 5.75 Å². The Labute approximate surface area is 123 Å². The van der Waals surface area contributed by atoms with Gasteiger partial charge in [0.25, 0.3) is 5.91 Å². The van der Waals surface area contributed by atoms with Crippen molar-refractivity contribution < 1.29 is 9.53 Å². The smallest absolute Gasteiger partial charge is 0.251 e. The molecular weight excluding hydrogens is 270 g/mol. The minimum atomic E-state index is -0.0809. The third-order valence-electron chi connectivity index (χ3n) is 3.37. The van der Waals surface area contributed by atoms with Crippen LogP contribution in [0.15, 0.2) is 53.4 Å². The molecule has 3 nitrogen and oxygen atoms in total. The monoisotopic (exact) mass is 285 g/mol. The fraction of sp³-hybridized carbons (Fsp3) is 0.188. The van der Waals surface area contributed by atoms with E-state index in [0.717, 1.165) is 22.6 Å². The molecule has 0 radical (unpaired) electrons. The van der Waals surface area contributed by atoms with E-state index in [-0.39, 0.29) is 11.9 Å². The predicted octanol–water partition coefficient (Wildman–Crippen LogP) is 3.23. The first kappa shape index (κ1) is 13.1. The first-order chi connectivity index (χ1) is 9.74. The van der Waals surface area contributed by atoms with Crippen LogP contribution in [0, 0.1) is 0 Å². The van der Waals surface area contributed by atoms with E-state index in [9.17, 15) is 4.79 Å². The highest BCUT2D eigenvalue weighted by molar-refractivity contribution is 7.80. The molecule has 1 unspecified atom stereocenters. The van der Waals surface area contributed by atoms with Gasteiger partial charge in [0, 0.05) is 22.4 Å². The summed E-state index contributed by atoms with van der Waals surface area (Å²) >= 11 is 4.26. The molecule has 4 heteroatoms. The topological polar surface area (TPSA) is 38.3 Å². The molecule has 1 amide bonds. The second-order valence-electron chi connectivity index (χ2n) is 4.75. The van der Waals surface area contributed by atoms with Crippen LogP contribution in [0.1, 0.15) is 28.4 Å². The van der Waals surface area contributed by atoms with Gasteiger partial charge in [-0.15, -0.1) is 12.6 Å². The van der Waals surface area contributed by atoms with Gasteiger partial charge in [0.05, 0.1) is 12.6 Å². The fourth-order valence-corrected chi connectivity index (χ4v) is 2.61. The average molecular weight is 285 g/mol. The maximum absolute atomic E-state index is 12.3. The quantitative estimate of drug-likeness (QED) is 0.831. The molecule has 102 valence electrons. The average Bonchev–Trinajstić information content (AvgIpc) is 2.47. The largest absolute Gasteiger partial charge is 0.493 e.